The highest BCUT2D eigenvalue weighted by Gasteiger charge is 2.25. The number of nitrogens with one attached hydrogen (secondary N) is 1. The molecule has 1 saturated heterocycles. The Balaban J connectivity index is 2.13. The molecule has 0 radical (unpaired) electrons. The molecule has 1 N–H and O–H groups in total. The van der Waals surface area contributed by atoms with Gasteiger partial charge in [0.2, 0.25) is 5.91 Å². The number of amides is 2. The minimum absolute atomic E-state index is 0.0413. The van der Waals surface area contributed by atoms with Crippen LogP contribution < -0.4 is 5.32 Å². The van der Waals surface area contributed by atoms with Crippen LogP contribution in [0.3, 0.4) is 0 Å². The zero-order valence-electron chi connectivity index (χ0n) is 18.0. The molecular weight excluding hydrogens is 370 g/mol. The van der Waals surface area contributed by atoms with Crippen LogP contribution in [0.25, 0.3) is 6.08 Å². The maximum atomic E-state index is 12.9. The first-order valence-electron chi connectivity index (χ1n) is 9.83. The second kappa shape index (κ2) is 10.2. The molecule has 0 aliphatic carbocycles. The lowest BCUT2D eigenvalue weighted by atomic mass is 10.1. The van der Waals surface area contributed by atoms with Gasteiger partial charge in [0.25, 0.3) is 5.91 Å². The van der Waals surface area contributed by atoms with Crippen molar-refractivity contribution < 1.29 is 14.3 Å². The number of hydrogen-bond donors (Lipinski definition) is 1. The van der Waals surface area contributed by atoms with Crippen molar-refractivity contribution in [3.63, 3.8) is 0 Å². The molecule has 1 aliphatic rings. The van der Waals surface area contributed by atoms with Gasteiger partial charge in [-0.05, 0) is 38.5 Å². The number of nitrogens with zero attached hydrogens (tertiary/aromatic N) is 4. The molecular formula is C21H31N5O3. The number of rotatable bonds is 7. The molecule has 0 aromatic carbocycles. The van der Waals surface area contributed by atoms with E-state index in [9.17, 15) is 14.9 Å². The molecule has 29 heavy (non-hydrogen) atoms. The van der Waals surface area contributed by atoms with E-state index in [0.29, 0.717) is 39.3 Å². The first-order valence-corrected chi connectivity index (χ1v) is 9.83. The van der Waals surface area contributed by atoms with Crippen LogP contribution in [0.2, 0.25) is 0 Å². The number of likely N-dealkylation sites (N-methyl/N-ethyl adjacent to an activating group) is 1. The first kappa shape index (κ1) is 22.7. The van der Waals surface area contributed by atoms with E-state index in [-0.39, 0.29) is 23.4 Å². The SMILES string of the molecule is CNC(=O)CN1CCN(C(=O)/C(C#N)=C/c2cc(C)n(C(C)COC)c2C)CC1. The van der Waals surface area contributed by atoms with Crippen molar-refractivity contribution in [2.24, 2.45) is 0 Å². The summed E-state index contributed by atoms with van der Waals surface area (Å²) in [5.41, 5.74) is 3.06. The highest BCUT2D eigenvalue weighted by atomic mass is 16.5. The summed E-state index contributed by atoms with van der Waals surface area (Å²) in [4.78, 5) is 28.1. The summed E-state index contributed by atoms with van der Waals surface area (Å²) < 4.78 is 7.42. The average molecular weight is 402 g/mol. The fourth-order valence-electron chi connectivity index (χ4n) is 3.80. The number of ether oxygens (including phenoxy) is 1. The van der Waals surface area contributed by atoms with Gasteiger partial charge in [-0.15, -0.1) is 0 Å². The van der Waals surface area contributed by atoms with Crippen LogP contribution in [0.5, 0.6) is 0 Å². The Labute approximate surface area is 172 Å². The first-order chi connectivity index (χ1) is 13.8. The standard InChI is InChI=1S/C21H31N5O3/c1-15-10-18(17(3)26(15)16(2)14-29-5)11-19(12-22)21(28)25-8-6-24(7-9-25)13-20(27)23-4/h10-11,16H,6-9,13-14H2,1-5H3,(H,23,27)/b19-11+. The van der Waals surface area contributed by atoms with Crippen molar-refractivity contribution in [2.75, 3.05) is 53.5 Å². The molecule has 0 spiro atoms. The van der Waals surface area contributed by atoms with E-state index in [1.807, 2.05) is 24.8 Å². The van der Waals surface area contributed by atoms with Crippen molar-refractivity contribution in [2.45, 2.75) is 26.8 Å². The zero-order valence-corrected chi connectivity index (χ0v) is 18.0. The molecule has 8 nitrogen and oxygen atoms in total. The summed E-state index contributed by atoms with van der Waals surface area (Å²) in [5, 5.41) is 12.2. The van der Waals surface area contributed by atoms with Crippen LogP contribution in [0.4, 0.5) is 0 Å². The van der Waals surface area contributed by atoms with E-state index in [0.717, 1.165) is 17.0 Å². The Morgan fingerprint density at radius 1 is 1.31 bits per heavy atom. The molecule has 2 heterocycles. The summed E-state index contributed by atoms with van der Waals surface area (Å²) in [6.45, 7) is 9.21. The maximum absolute atomic E-state index is 12.9. The van der Waals surface area contributed by atoms with Gasteiger partial charge in [-0.3, -0.25) is 14.5 Å². The summed E-state index contributed by atoms with van der Waals surface area (Å²) in [7, 11) is 3.28. The van der Waals surface area contributed by atoms with Crippen molar-refractivity contribution in [1.29, 1.82) is 5.26 Å². The molecule has 1 fully saturated rings. The molecule has 0 saturated carbocycles. The molecule has 2 amide bonds. The maximum Gasteiger partial charge on any atom is 0.264 e. The average Bonchev–Trinajstić information content (AvgIpc) is 2.99. The summed E-state index contributed by atoms with van der Waals surface area (Å²) in [6, 6.07) is 4.23. The second-order valence-corrected chi connectivity index (χ2v) is 7.41. The van der Waals surface area contributed by atoms with E-state index < -0.39 is 0 Å². The molecule has 158 valence electrons. The topological polar surface area (TPSA) is 90.6 Å². The number of aromatic nitrogens is 1. The van der Waals surface area contributed by atoms with Crippen molar-refractivity contribution in [1.82, 2.24) is 19.7 Å². The number of hydrogen-bond acceptors (Lipinski definition) is 5. The zero-order chi connectivity index (χ0) is 21.6. The molecule has 1 atom stereocenters. The van der Waals surface area contributed by atoms with Gasteiger partial charge in [-0.2, -0.15) is 5.26 Å². The van der Waals surface area contributed by atoms with Gasteiger partial charge < -0.3 is 19.5 Å². The van der Waals surface area contributed by atoms with Crippen molar-refractivity contribution in [3.05, 3.63) is 28.6 Å². The summed E-state index contributed by atoms with van der Waals surface area (Å²) >= 11 is 0. The Morgan fingerprint density at radius 3 is 2.52 bits per heavy atom. The molecule has 0 bridgehead atoms. The predicted molar refractivity (Wildman–Crippen MR) is 111 cm³/mol. The monoisotopic (exact) mass is 401 g/mol. The quantitative estimate of drug-likeness (QED) is 0.546. The lowest BCUT2D eigenvalue weighted by Crippen LogP contribution is -2.51. The van der Waals surface area contributed by atoms with Gasteiger partial charge in [0.1, 0.15) is 11.6 Å². The van der Waals surface area contributed by atoms with E-state index in [1.165, 1.54) is 0 Å². The molecule has 2 rings (SSSR count). The van der Waals surface area contributed by atoms with Gasteiger partial charge in [-0.1, -0.05) is 0 Å². The summed E-state index contributed by atoms with van der Waals surface area (Å²) in [5.74, 6) is -0.303. The Bertz CT molecular complexity index is 813. The van der Waals surface area contributed by atoms with Crippen molar-refractivity contribution >= 4 is 17.9 Å². The minimum atomic E-state index is -0.262. The van der Waals surface area contributed by atoms with Crippen LogP contribution in [0.1, 0.15) is 29.9 Å². The van der Waals surface area contributed by atoms with Gasteiger partial charge in [0.05, 0.1) is 19.2 Å². The van der Waals surface area contributed by atoms with Gasteiger partial charge in [0, 0.05) is 51.7 Å². The lowest BCUT2D eigenvalue weighted by Gasteiger charge is -2.34. The highest BCUT2D eigenvalue weighted by molar-refractivity contribution is 6.01. The number of nitriles is 1. The van der Waals surface area contributed by atoms with Gasteiger partial charge in [0.15, 0.2) is 0 Å². The normalized spacial score (nSPS) is 16.4. The van der Waals surface area contributed by atoms with Crippen molar-refractivity contribution in [3.8, 4) is 6.07 Å². The molecule has 1 aliphatic heterocycles. The molecule has 1 unspecified atom stereocenters. The Morgan fingerprint density at radius 2 is 1.97 bits per heavy atom. The third-order valence-electron chi connectivity index (χ3n) is 5.33. The van der Waals surface area contributed by atoms with Gasteiger partial charge >= 0.3 is 0 Å². The van der Waals surface area contributed by atoms with Gasteiger partial charge in [-0.25, -0.2) is 0 Å². The number of aryl methyl sites for hydroxylation is 1. The van der Waals surface area contributed by atoms with E-state index in [4.69, 9.17) is 4.74 Å². The predicted octanol–water partition coefficient (Wildman–Crippen LogP) is 1.11. The minimum Gasteiger partial charge on any atom is -0.383 e. The second-order valence-electron chi connectivity index (χ2n) is 7.41. The number of carbonyl (C=O) groups excluding carboxylic acids is 2. The van der Waals surface area contributed by atoms with Crippen LogP contribution in [-0.4, -0.2) is 79.7 Å². The van der Waals surface area contributed by atoms with E-state index >= 15 is 0 Å². The Hall–Kier alpha value is -2.63. The third kappa shape index (κ3) is 5.46. The number of carbonyl (C=O) groups is 2. The summed E-state index contributed by atoms with van der Waals surface area (Å²) in [6.07, 6.45) is 1.68. The molecule has 8 heteroatoms. The van der Waals surface area contributed by atoms with E-state index in [1.54, 1.807) is 25.1 Å². The highest BCUT2D eigenvalue weighted by Crippen LogP contribution is 2.23. The van der Waals surface area contributed by atoms with Crippen LogP contribution in [-0.2, 0) is 14.3 Å². The van der Waals surface area contributed by atoms with Crippen LogP contribution in [0, 0.1) is 25.2 Å². The number of methoxy groups -OCH3 is 1. The number of piperazine rings is 1. The fourth-order valence-corrected chi connectivity index (χ4v) is 3.80. The molecule has 1 aromatic rings. The largest absolute Gasteiger partial charge is 0.383 e. The molecule has 1 aromatic heterocycles. The Kier molecular flexibility index (Phi) is 8.00. The van der Waals surface area contributed by atoms with Crippen LogP contribution >= 0.6 is 0 Å². The fraction of sp³-hybridized carbons (Fsp3) is 0.571. The lowest BCUT2D eigenvalue weighted by molar-refractivity contribution is -0.128. The van der Waals surface area contributed by atoms with Crippen LogP contribution in [0.15, 0.2) is 11.6 Å². The smallest absolute Gasteiger partial charge is 0.264 e. The third-order valence-corrected chi connectivity index (χ3v) is 5.33. The van der Waals surface area contributed by atoms with E-state index in [2.05, 4.69) is 22.9 Å².